The Hall–Kier alpha value is -4.02. The van der Waals surface area contributed by atoms with Gasteiger partial charge < -0.3 is 33.8 Å². The zero-order valence-corrected chi connectivity index (χ0v) is 66.3. The summed E-state index contributed by atoms with van der Waals surface area (Å²) >= 11 is 0. The first-order chi connectivity index (χ1) is 49.7. The van der Waals surface area contributed by atoms with Crippen molar-refractivity contribution in [2.24, 2.45) is 0 Å². The van der Waals surface area contributed by atoms with Gasteiger partial charge in [0.1, 0.15) is 19.3 Å². The van der Waals surface area contributed by atoms with Crippen molar-refractivity contribution >= 4 is 39.5 Å². The van der Waals surface area contributed by atoms with Gasteiger partial charge in [0.05, 0.1) is 26.4 Å². The van der Waals surface area contributed by atoms with E-state index in [2.05, 4.69) is 125 Å². The number of hydrogen-bond acceptors (Lipinski definition) is 15. The minimum absolute atomic E-state index is 0.0775. The van der Waals surface area contributed by atoms with E-state index in [4.69, 9.17) is 37.0 Å². The summed E-state index contributed by atoms with van der Waals surface area (Å²) in [6, 6.07) is 0. The summed E-state index contributed by atoms with van der Waals surface area (Å²) in [6.45, 7) is 4.64. The average molecular weight is 1480 g/mol. The largest absolute Gasteiger partial charge is 0.472 e. The fraction of sp³-hybridized carbons (Fsp3) is 0.759. The topological polar surface area (TPSA) is 237 Å². The Morgan fingerprint density at radius 1 is 0.284 bits per heavy atom. The maximum absolute atomic E-state index is 13.1. The van der Waals surface area contributed by atoms with Crippen LogP contribution in [0.1, 0.15) is 349 Å². The molecule has 5 unspecified atom stereocenters. The minimum Gasteiger partial charge on any atom is -0.462 e. The van der Waals surface area contributed by atoms with Gasteiger partial charge in [-0.15, -0.1) is 0 Å². The number of esters is 4. The number of phosphoric acid groups is 2. The van der Waals surface area contributed by atoms with Crippen LogP contribution in [0.2, 0.25) is 0 Å². The van der Waals surface area contributed by atoms with Crippen molar-refractivity contribution in [1.82, 2.24) is 0 Å². The van der Waals surface area contributed by atoms with Crippen LogP contribution in [0.4, 0.5) is 0 Å². The molecule has 19 heteroatoms. The predicted octanol–water partition coefficient (Wildman–Crippen LogP) is 23.6. The van der Waals surface area contributed by atoms with E-state index >= 15 is 0 Å². The molecule has 0 bridgehead atoms. The molecule has 0 aliphatic carbocycles. The highest BCUT2D eigenvalue weighted by Gasteiger charge is 2.30. The highest BCUT2D eigenvalue weighted by atomic mass is 31.2. The second kappa shape index (κ2) is 75.2. The smallest absolute Gasteiger partial charge is 0.462 e. The Morgan fingerprint density at radius 3 is 0.804 bits per heavy atom. The Bertz CT molecular complexity index is 2310. The molecule has 590 valence electrons. The van der Waals surface area contributed by atoms with Gasteiger partial charge in [-0.05, 0) is 122 Å². The number of aliphatic hydroxyl groups excluding tert-OH is 1. The summed E-state index contributed by atoms with van der Waals surface area (Å²) < 4.78 is 68.6. The molecule has 0 radical (unpaired) electrons. The van der Waals surface area contributed by atoms with E-state index in [9.17, 15) is 43.2 Å². The number of carbonyl (C=O) groups excluding carboxylic acids is 4. The zero-order chi connectivity index (χ0) is 74.6. The molecule has 0 aromatic heterocycles. The molecule has 0 aliphatic rings. The first-order valence-electron chi connectivity index (χ1n) is 40.5. The number of phosphoric ester groups is 2. The van der Waals surface area contributed by atoms with Gasteiger partial charge in [0.25, 0.3) is 0 Å². The highest BCUT2D eigenvalue weighted by molar-refractivity contribution is 7.47. The molecule has 17 nitrogen and oxygen atoms in total. The standard InChI is InChI=1S/C83H146O17P2/c1-5-9-13-17-21-25-29-33-36-38-41-44-47-51-55-59-63-67-80(85)93-73-78(99-82(87)69-65-61-57-53-49-43-32-28-24-20-16-12-8-4)75-97-101(89,90)95-71-77(84)72-96-102(91,92)98-76-79(100-83(88)70-66-62-58-54-50-46-40-35-31-27-23-19-15-11-7-3)74-94-81(86)68-64-60-56-52-48-45-42-39-37-34-30-26-22-18-14-10-6-2/h9-10,13-14,21-23,25-27,33-37,40,77-79,84H,5-8,11-12,15-20,24,28-32,38-39,41-76H2,1-4H3,(H,89,90)(H,91,92)/b13-9-,14-10-,25-21-,26-22-,27-23-,36-33-,37-34-,40-35-. The van der Waals surface area contributed by atoms with Gasteiger partial charge in [0, 0.05) is 25.7 Å². The minimum atomic E-state index is -4.98. The Morgan fingerprint density at radius 2 is 0.510 bits per heavy atom. The molecule has 0 aromatic carbocycles. The lowest BCUT2D eigenvalue weighted by Gasteiger charge is -2.21. The van der Waals surface area contributed by atoms with Crippen LogP contribution in [0.5, 0.6) is 0 Å². The second-order valence-electron chi connectivity index (χ2n) is 27.0. The molecular formula is C83H146O17P2. The second-order valence-corrected chi connectivity index (χ2v) is 29.9. The third-order valence-electron chi connectivity index (χ3n) is 17.0. The van der Waals surface area contributed by atoms with E-state index < -0.39 is 97.5 Å². The number of ether oxygens (including phenoxy) is 4. The summed E-state index contributed by atoms with van der Waals surface area (Å²) in [7, 11) is -9.96. The van der Waals surface area contributed by atoms with E-state index in [1.165, 1.54) is 70.6 Å². The molecule has 0 spiro atoms. The van der Waals surface area contributed by atoms with E-state index in [0.29, 0.717) is 25.7 Å². The average Bonchev–Trinajstić information content (AvgIpc) is 0.939. The van der Waals surface area contributed by atoms with Crippen molar-refractivity contribution in [2.45, 2.75) is 367 Å². The molecule has 0 rings (SSSR count). The molecule has 0 aromatic rings. The first kappa shape index (κ1) is 98.0. The van der Waals surface area contributed by atoms with Crippen molar-refractivity contribution in [3.8, 4) is 0 Å². The molecule has 0 amide bonds. The SMILES string of the molecule is CC/C=C\C/C=C\C/C=C\CCCCCCCCCC(=O)OCC(COP(=O)(O)OCC(O)COP(=O)(O)OCC(COC(=O)CCCCCCCCC/C=C\C/C=C\C/C=C\CC)OC(=O)CCCCCCCCCCCCCCC)OC(=O)CCCCCCC/C=C\C/C=C\CCCCC. The van der Waals surface area contributed by atoms with Gasteiger partial charge in [0.2, 0.25) is 0 Å². The van der Waals surface area contributed by atoms with Gasteiger partial charge in [-0.2, -0.15) is 0 Å². The Balaban J connectivity index is 5.35. The van der Waals surface area contributed by atoms with Gasteiger partial charge in [0.15, 0.2) is 12.2 Å². The third kappa shape index (κ3) is 74.3. The third-order valence-corrected chi connectivity index (χ3v) is 18.9. The fourth-order valence-electron chi connectivity index (χ4n) is 10.9. The number of allylic oxidation sites excluding steroid dienone is 16. The lowest BCUT2D eigenvalue weighted by molar-refractivity contribution is -0.161. The number of unbranched alkanes of at least 4 members (excludes halogenated alkanes) is 34. The van der Waals surface area contributed by atoms with Crippen LogP contribution < -0.4 is 0 Å². The first-order valence-corrected chi connectivity index (χ1v) is 43.5. The number of hydrogen-bond donors (Lipinski definition) is 3. The zero-order valence-electron chi connectivity index (χ0n) is 64.5. The van der Waals surface area contributed by atoms with Crippen LogP contribution in [0, 0.1) is 0 Å². The van der Waals surface area contributed by atoms with E-state index in [1.807, 2.05) is 0 Å². The van der Waals surface area contributed by atoms with E-state index in [-0.39, 0.29) is 25.7 Å². The van der Waals surface area contributed by atoms with Crippen LogP contribution in [-0.4, -0.2) is 96.7 Å². The monoisotopic (exact) mass is 1480 g/mol. The molecular weight excluding hydrogens is 1330 g/mol. The number of carbonyl (C=O) groups is 4. The van der Waals surface area contributed by atoms with Crippen LogP contribution in [0.25, 0.3) is 0 Å². The molecule has 0 heterocycles. The summed E-state index contributed by atoms with van der Waals surface area (Å²) in [5, 5.41) is 10.6. The van der Waals surface area contributed by atoms with Gasteiger partial charge in [-0.25, -0.2) is 9.13 Å². The molecule has 0 saturated carbocycles. The maximum Gasteiger partial charge on any atom is 0.472 e. The predicted molar refractivity (Wildman–Crippen MR) is 418 cm³/mol. The van der Waals surface area contributed by atoms with Crippen LogP contribution in [0.15, 0.2) is 97.2 Å². The molecule has 3 N–H and O–H groups in total. The molecule has 5 atom stereocenters. The van der Waals surface area contributed by atoms with Crippen LogP contribution >= 0.6 is 15.6 Å². The molecule has 0 aliphatic heterocycles. The fourth-order valence-corrected chi connectivity index (χ4v) is 12.5. The van der Waals surface area contributed by atoms with Crippen molar-refractivity contribution < 1.29 is 80.2 Å². The van der Waals surface area contributed by atoms with Crippen molar-refractivity contribution in [1.29, 1.82) is 0 Å². The summed E-state index contributed by atoms with van der Waals surface area (Å²) in [4.78, 5) is 73.0. The normalized spacial score (nSPS) is 14.4. The van der Waals surface area contributed by atoms with Crippen molar-refractivity contribution in [3.05, 3.63) is 97.2 Å². The Labute approximate surface area is 620 Å². The van der Waals surface area contributed by atoms with Gasteiger partial charge in [-0.3, -0.25) is 37.3 Å². The van der Waals surface area contributed by atoms with Crippen LogP contribution in [-0.2, 0) is 65.4 Å². The molecule has 0 saturated heterocycles. The highest BCUT2D eigenvalue weighted by Crippen LogP contribution is 2.45. The maximum atomic E-state index is 13.1. The van der Waals surface area contributed by atoms with Crippen LogP contribution in [0.3, 0.4) is 0 Å². The lowest BCUT2D eigenvalue weighted by atomic mass is 10.0. The number of aliphatic hydroxyl groups is 1. The van der Waals surface area contributed by atoms with Gasteiger partial charge in [-0.1, -0.05) is 298 Å². The summed E-state index contributed by atoms with van der Waals surface area (Å²) in [5.74, 6) is -2.19. The van der Waals surface area contributed by atoms with Crippen molar-refractivity contribution in [2.75, 3.05) is 39.6 Å². The summed E-state index contributed by atoms with van der Waals surface area (Å²) in [6.07, 6.45) is 79.4. The van der Waals surface area contributed by atoms with Gasteiger partial charge >= 0.3 is 39.5 Å². The quantitative estimate of drug-likeness (QED) is 0.0169. The van der Waals surface area contributed by atoms with E-state index in [0.717, 1.165) is 199 Å². The lowest BCUT2D eigenvalue weighted by Crippen LogP contribution is -2.30. The summed E-state index contributed by atoms with van der Waals surface area (Å²) in [5.41, 5.74) is 0. The number of rotatable bonds is 76. The van der Waals surface area contributed by atoms with E-state index in [1.54, 1.807) is 0 Å². The molecule has 0 fully saturated rings. The van der Waals surface area contributed by atoms with Crippen molar-refractivity contribution in [3.63, 3.8) is 0 Å². The Kier molecular flexibility index (Phi) is 72.3. The molecule has 102 heavy (non-hydrogen) atoms.